The molecule has 0 spiro atoms. The standard InChI is InChI=1S/C20H28O5/c1-14(2)8-7-9-20(21)25-15(3)10-11-17-18(23-5)12-16(22-4)13-19(17)24-6/h10-13,15H,1,7-9H2,2-6H3. The molecule has 0 aliphatic carbocycles. The number of benzene rings is 1. The highest BCUT2D eigenvalue weighted by molar-refractivity contribution is 5.70. The first-order valence-corrected chi connectivity index (χ1v) is 8.23. The van der Waals surface area contributed by atoms with Crippen molar-refractivity contribution in [3.05, 3.63) is 35.9 Å². The smallest absolute Gasteiger partial charge is 0.306 e. The molecule has 0 fully saturated rings. The molecule has 25 heavy (non-hydrogen) atoms. The molecule has 0 radical (unpaired) electrons. The van der Waals surface area contributed by atoms with Gasteiger partial charge >= 0.3 is 5.97 Å². The Morgan fingerprint density at radius 1 is 1.12 bits per heavy atom. The van der Waals surface area contributed by atoms with E-state index in [1.54, 1.807) is 39.5 Å². The second-order valence-corrected chi connectivity index (χ2v) is 5.81. The molecule has 0 saturated carbocycles. The minimum Gasteiger partial charge on any atom is -0.496 e. The summed E-state index contributed by atoms with van der Waals surface area (Å²) in [4.78, 5) is 11.8. The van der Waals surface area contributed by atoms with E-state index in [2.05, 4.69) is 6.58 Å². The molecule has 0 heterocycles. The fourth-order valence-corrected chi connectivity index (χ4v) is 2.27. The van der Waals surface area contributed by atoms with Gasteiger partial charge in [0.15, 0.2) is 0 Å². The molecular formula is C20H28O5. The van der Waals surface area contributed by atoms with Crippen molar-refractivity contribution in [3.8, 4) is 17.2 Å². The minimum atomic E-state index is -0.353. The summed E-state index contributed by atoms with van der Waals surface area (Å²) < 4.78 is 21.4. The Bertz CT molecular complexity index is 594. The Morgan fingerprint density at radius 2 is 1.72 bits per heavy atom. The SMILES string of the molecule is C=C(C)CCCC(=O)OC(C)C=Cc1c(OC)cc(OC)cc1OC. The van der Waals surface area contributed by atoms with E-state index in [0.29, 0.717) is 23.7 Å². The van der Waals surface area contributed by atoms with Crippen molar-refractivity contribution in [2.24, 2.45) is 0 Å². The van der Waals surface area contributed by atoms with Gasteiger partial charge in [-0.05, 0) is 38.8 Å². The van der Waals surface area contributed by atoms with Crippen LogP contribution in [0.25, 0.3) is 6.08 Å². The zero-order valence-electron chi connectivity index (χ0n) is 15.8. The summed E-state index contributed by atoms with van der Waals surface area (Å²) in [6.45, 7) is 7.59. The van der Waals surface area contributed by atoms with Crippen LogP contribution in [0, 0.1) is 0 Å². The number of ether oxygens (including phenoxy) is 4. The highest BCUT2D eigenvalue weighted by Crippen LogP contribution is 2.35. The van der Waals surface area contributed by atoms with Gasteiger partial charge in [0.05, 0.1) is 26.9 Å². The van der Waals surface area contributed by atoms with Gasteiger partial charge in [0, 0.05) is 18.6 Å². The molecule has 1 unspecified atom stereocenters. The molecule has 0 aliphatic heterocycles. The normalized spacial score (nSPS) is 11.9. The molecule has 0 bridgehead atoms. The van der Waals surface area contributed by atoms with Crippen molar-refractivity contribution in [2.75, 3.05) is 21.3 Å². The molecule has 0 aromatic heterocycles. The Labute approximate surface area is 150 Å². The average Bonchev–Trinajstić information content (AvgIpc) is 2.58. The number of hydrogen-bond acceptors (Lipinski definition) is 5. The first-order chi connectivity index (χ1) is 11.9. The first-order valence-electron chi connectivity index (χ1n) is 8.23. The largest absolute Gasteiger partial charge is 0.496 e. The molecule has 1 aromatic rings. The Hall–Kier alpha value is -2.43. The summed E-state index contributed by atoms with van der Waals surface area (Å²) in [6.07, 6.45) is 5.24. The summed E-state index contributed by atoms with van der Waals surface area (Å²) in [5, 5.41) is 0. The van der Waals surface area contributed by atoms with E-state index < -0.39 is 0 Å². The Morgan fingerprint density at radius 3 is 2.20 bits per heavy atom. The maximum atomic E-state index is 11.8. The van der Waals surface area contributed by atoms with E-state index in [1.807, 2.05) is 19.9 Å². The lowest BCUT2D eigenvalue weighted by Gasteiger charge is -2.13. The fraction of sp³-hybridized carbons (Fsp3) is 0.450. The fourth-order valence-electron chi connectivity index (χ4n) is 2.27. The van der Waals surface area contributed by atoms with Crippen molar-refractivity contribution in [2.45, 2.75) is 39.2 Å². The third-order valence-electron chi connectivity index (χ3n) is 3.59. The van der Waals surface area contributed by atoms with E-state index in [9.17, 15) is 4.79 Å². The number of hydrogen-bond donors (Lipinski definition) is 0. The highest BCUT2D eigenvalue weighted by atomic mass is 16.5. The summed E-state index contributed by atoms with van der Waals surface area (Å²) >= 11 is 0. The van der Waals surface area contributed by atoms with Crippen LogP contribution in [0.2, 0.25) is 0 Å². The van der Waals surface area contributed by atoms with Crippen LogP contribution >= 0.6 is 0 Å². The predicted molar refractivity (Wildman–Crippen MR) is 99.4 cm³/mol. The van der Waals surface area contributed by atoms with E-state index in [4.69, 9.17) is 18.9 Å². The number of rotatable bonds is 10. The summed E-state index contributed by atoms with van der Waals surface area (Å²) in [6, 6.07) is 3.55. The molecule has 0 saturated heterocycles. The Kier molecular flexibility index (Phi) is 8.61. The van der Waals surface area contributed by atoms with E-state index >= 15 is 0 Å². The van der Waals surface area contributed by atoms with Crippen LogP contribution in [0.15, 0.2) is 30.4 Å². The third-order valence-corrected chi connectivity index (χ3v) is 3.59. The maximum absolute atomic E-state index is 11.8. The van der Waals surface area contributed by atoms with Crippen molar-refractivity contribution < 1.29 is 23.7 Å². The molecule has 1 aromatic carbocycles. The monoisotopic (exact) mass is 348 g/mol. The third kappa shape index (κ3) is 6.91. The second kappa shape index (κ2) is 10.4. The lowest BCUT2D eigenvalue weighted by molar-refractivity contribution is -0.146. The predicted octanol–water partition coefficient (Wildman–Crippen LogP) is 4.40. The summed E-state index contributed by atoms with van der Waals surface area (Å²) in [5.41, 5.74) is 1.83. The van der Waals surface area contributed by atoms with Crippen molar-refractivity contribution in [1.82, 2.24) is 0 Å². The molecule has 1 rings (SSSR count). The van der Waals surface area contributed by atoms with Crippen LogP contribution in [0.1, 0.15) is 38.7 Å². The molecule has 0 aliphatic rings. The number of methoxy groups -OCH3 is 3. The maximum Gasteiger partial charge on any atom is 0.306 e. The number of esters is 1. The van der Waals surface area contributed by atoms with Gasteiger partial charge in [-0.3, -0.25) is 4.79 Å². The minimum absolute atomic E-state index is 0.216. The van der Waals surface area contributed by atoms with Crippen LogP contribution in [0.3, 0.4) is 0 Å². The van der Waals surface area contributed by atoms with Gasteiger partial charge < -0.3 is 18.9 Å². The first kappa shape index (κ1) is 20.6. The zero-order valence-corrected chi connectivity index (χ0v) is 15.8. The average molecular weight is 348 g/mol. The zero-order chi connectivity index (χ0) is 18.8. The molecular weight excluding hydrogens is 320 g/mol. The van der Waals surface area contributed by atoms with E-state index in [1.165, 1.54) is 0 Å². The van der Waals surface area contributed by atoms with E-state index in [0.717, 1.165) is 24.0 Å². The number of allylic oxidation sites excluding steroid dienone is 1. The van der Waals surface area contributed by atoms with Gasteiger partial charge in [-0.2, -0.15) is 0 Å². The summed E-state index contributed by atoms with van der Waals surface area (Å²) in [7, 11) is 4.74. The van der Waals surface area contributed by atoms with Gasteiger partial charge in [-0.25, -0.2) is 0 Å². The quantitative estimate of drug-likeness (QED) is 0.463. The molecule has 0 amide bonds. The lowest BCUT2D eigenvalue weighted by Crippen LogP contribution is -2.12. The van der Waals surface area contributed by atoms with Crippen molar-refractivity contribution in [3.63, 3.8) is 0 Å². The highest BCUT2D eigenvalue weighted by Gasteiger charge is 2.12. The van der Waals surface area contributed by atoms with Gasteiger partial charge in [0.1, 0.15) is 23.4 Å². The van der Waals surface area contributed by atoms with Crippen LogP contribution in [0.4, 0.5) is 0 Å². The number of carbonyl (C=O) groups excluding carboxylic acids is 1. The topological polar surface area (TPSA) is 54.0 Å². The van der Waals surface area contributed by atoms with Crippen LogP contribution in [-0.4, -0.2) is 33.4 Å². The lowest BCUT2D eigenvalue weighted by atomic mass is 10.1. The van der Waals surface area contributed by atoms with E-state index in [-0.39, 0.29) is 12.1 Å². The van der Waals surface area contributed by atoms with Gasteiger partial charge in [-0.1, -0.05) is 5.57 Å². The van der Waals surface area contributed by atoms with Gasteiger partial charge in [-0.15, -0.1) is 6.58 Å². The molecule has 5 nitrogen and oxygen atoms in total. The van der Waals surface area contributed by atoms with Gasteiger partial charge in [0.2, 0.25) is 0 Å². The van der Waals surface area contributed by atoms with Crippen molar-refractivity contribution in [1.29, 1.82) is 0 Å². The molecule has 0 N–H and O–H groups in total. The van der Waals surface area contributed by atoms with Crippen LogP contribution in [0.5, 0.6) is 17.2 Å². The second-order valence-electron chi connectivity index (χ2n) is 5.81. The summed E-state index contributed by atoms with van der Waals surface area (Å²) in [5.74, 6) is 1.66. The van der Waals surface area contributed by atoms with Crippen LogP contribution in [-0.2, 0) is 9.53 Å². The van der Waals surface area contributed by atoms with Gasteiger partial charge in [0.25, 0.3) is 0 Å². The van der Waals surface area contributed by atoms with Crippen LogP contribution < -0.4 is 14.2 Å². The molecule has 138 valence electrons. The van der Waals surface area contributed by atoms with Crippen molar-refractivity contribution >= 4 is 12.0 Å². The Balaban J connectivity index is 2.76. The molecule has 5 heteroatoms. The number of carbonyl (C=O) groups is 1. The molecule has 1 atom stereocenters.